The van der Waals surface area contributed by atoms with E-state index in [9.17, 15) is 8.78 Å². The molecule has 6 rings (SSSR count). The van der Waals surface area contributed by atoms with Gasteiger partial charge in [0, 0.05) is 29.1 Å². The molecule has 3 N–H and O–H groups in total. The predicted molar refractivity (Wildman–Crippen MR) is 136 cm³/mol. The van der Waals surface area contributed by atoms with Crippen LogP contribution in [0, 0.1) is 17.6 Å². The Balaban J connectivity index is 1.40. The third kappa shape index (κ3) is 4.75. The molecule has 40 heavy (non-hydrogen) atoms. The van der Waals surface area contributed by atoms with Crippen LogP contribution < -0.4 is 10.4 Å². The summed E-state index contributed by atoms with van der Waals surface area (Å²) in [7, 11) is 0. The quantitative estimate of drug-likeness (QED) is 0.224. The first-order valence-electron chi connectivity index (χ1n) is 11.7. The number of hydrogen-bond donors (Lipinski definition) is 2. The second-order valence-electron chi connectivity index (χ2n) is 8.71. The van der Waals surface area contributed by atoms with E-state index in [0.717, 1.165) is 6.20 Å². The fourth-order valence-corrected chi connectivity index (χ4v) is 4.46. The second-order valence-corrected chi connectivity index (χ2v) is 9.12. The van der Waals surface area contributed by atoms with Gasteiger partial charge in [0.05, 0.1) is 41.4 Å². The van der Waals surface area contributed by atoms with Crippen molar-refractivity contribution in [3.8, 4) is 27.9 Å². The van der Waals surface area contributed by atoms with E-state index in [2.05, 4.69) is 35.7 Å². The Morgan fingerprint density at radius 1 is 0.975 bits per heavy atom. The molecule has 0 radical (unpaired) electrons. The van der Waals surface area contributed by atoms with Gasteiger partial charge in [-0.3, -0.25) is 14.3 Å². The highest BCUT2D eigenvalue weighted by Crippen LogP contribution is 2.32. The highest BCUT2D eigenvalue weighted by Gasteiger charge is 2.23. The van der Waals surface area contributed by atoms with E-state index in [1.807, 2.05) is 0 Å². The van der Waals surface area contributed by atoms with Gasteiger partial charge in [0.15, 0.2) is 16.8 Å². The van der Waals surface area contributed by atoms with Gasteiger partial charge in [-0.15, -0.1) is 4.68 Å². The monoisotopic (exact) mass is 564 g/mol. The van der Waals surface area contributed by atoms with E-state index < -0.39 is 23.6 Å². The maximum absolute atomic E-state index is 15.2. The third-order valence-electron chi connectivity index (χ3n) is 6.19. The van der Waals surface area contributed by atoms with Crippen LogP contribution in [0.3, 0.4) is 0 Å². The van der Waals surface area contributed by atoms with Gasteiger partial charge in [-0.2, -0.15) is 14.6 Å². The van der Waals surface area contributed by atoms with Crippen molar-refractivity contribution in [3.63, 3.8) is 0 Å². The molecule has 0 aliphatic heterocycles. The van der Waals surface area contributed by atoms with Crippen LogP contribution in [-0.4, -0.2) is 45.1 Å². The Hall–Kier alpha value is -5.11. The Morgan fingerprint density at radius 3 is 2.55 bits per heavy atom. The molecule has 6 aromatic rings. The molecule has 0 saturated heterocycles. The predicted octanol–water partition coefficient (Wildman–Crippen LogP) is 3.54. The summed E-state index contributed by atoms with van der Waals surface area (Å²) in [5.74, 6) is -1.83. The molecule has 0 amide bonds. The largest absolute Gasteiger partial charge is 0.384 e. The second kappa shape index (κ2) is 10.2. The Labute approximate surface area is 228 Å². The van der Waals surface area contributed by atoms with Crippen LogP contribution in [0.5, 0.6) is 0 Å². The summed E-state index contributed by atoms with van der Waals surface area (Å²) < 4.78 is 47.8. The summed E-state index contributed by atoms with van der Waals surface area (Å²) in [5, 5.41) is 18.4. The van der Waals surface area contributed by atoms with Gasteiger partial charge in [0.2, 0.25) is 5.95 Å². The minimum atomic E-state index is -0.739. The number of benzene rings is 1. The van der Waals surface area contributed by atoms with Crippen molar-refractivity contribution in [1.82, 2.24) is 45.1 Å². The van der Waals surface area contributed by atoms with E-state index in [-0.39, 0.29) is 28.5 Å². The van der Waals surface area contributed by atoms with Crippen LogP contribution in [0.4, 0.5) is 19.0 Å². The van der Waals surface area contributed by atoms with Crippen LogP contribution in [0.1, 0.15) is 11.7 Å². The molecule has 0 bridgehead atoms. The normalized spacial score (nSPS) is 12.1. The summed E-state index contributed by atoms with van der Waals surface area (Å²) in [5.41, 5.74) is 7.77. The first-order chi connectivity index (χ1) is 19.4. The Bertz CT molecular complexity index is 1800. The van der Waals surface area contributed by atoms with Gasteiger partial charge in [-0.25, -0.2) is 13.8 Å². The molecule has 15 heteroatoms. The number of nitrogens with zero attached hydrogens (tertiary/aromatic N) is 9. The number of H-pyrrole nitrogens is 1. The number of rotatable bonds is 7. The lowest BCUT2D eigenvalue weighted by Crippen LogP contribution is -2.33. The maximum Gasteiger partial charge on any atom is 0.293 e. The van der Waals surface area contributed by atoms with Gasteiger partial charge in [0.25, 0.3) is 6.33 Å². The molecule has 0 spiro atoms. The van der Waals surface area contributed by atoms with Crippen LogP contribution >= 0.6 is 11.6 Å². The highest BCUT2D eigenvalue weighted by atomic mass is 35.5. The van der Waals surface area contributed by atoms with E-state index in [0.29, 0.717) is 22.5 Å². The van der Waals surface area contributed by atoms with Crippen molar-refractivity contribution < 1.29 is 17.9 Å². The maximum atomic E-state index is 15.2. The van der Waals surface area contributed by atoms with Gasteiger partial charge in [-0.05, 0) is 30.3 Å². The fourth-order valence-electron chi connectivity index (χ4n) is 4.30. The number of pyridine rings is 2. The van der Waals surface area contributed by atoms with Crippen LogP contribution in [-0.2, 0) is 6.54 Å². The molecule has 1 aromatic carbocycles. The van der Waals surface area contributed by atoms with E-state index in [1.54, 1.807) is 29.1 Å². The minimum absolute atomic E-state index is 0.0537. The first-order valence-corrected chi connectivity index (χ1v) is 12.1. The molecule has 0 fully saturated rings. The Morgan fingerprint density at radius 2 is 1.85 bits per heavy atom. The van der Waals surface area contributed by atoms with Crippen LogP contribution in [0.2, 0.25) is 5.02 Å². The number of nitrogen functional groups attached to an aromatic ring is 1. The number of nitrogens with two attached hydrogens (primary N) is 1. The van der Waals surface area contributed by atoms with E-state index in [1.165, 1.54) is 52.5 Å². The van der Waals surface area contributed by atoms with E-state index >= 15 is 4.39 Å². The average molecular weight is 565 g/mol. The van der Waals surface area contributed by atoms with Crippen molar-refractivity contribution in [2.45, 2.75) is 12.6 Å². The molecular formula is C25H18ClF3N11+. The van der Waals surface area contributed by atoms with Gasteiger partial charge >= 0.3 is 0 Å². The lowest BCUT2D eigenvalue weighted by Gasteiger charge is -2.18. The van der Waals surface area contributed by atoms with Gasteiger partial charge < -0.3 is 5.73 Å². The highest BCUT2D eigenvalue weighted by molar-refractivity contribution is 6.31. The third-order valence-corrected chi connectivity index (χ3v) is 6.48. The molecule has 1 atom stereocenters. The molecule has 0 aliphatic carbocycles. The van der Waals surface area contributed by atoms with Crippen LogP contribution in [0.15, 0.2) is 73.7 Å². The van der Waals surface area contributed by atoms with Crippen molar-refractivity contribution >= 4 is 17.4 Å². The molecule has 200 valence electrons. The lowest BCUT2D eigenvalue weighted by molar-refractivity contribution is -0.659. The van der Waals surface area contributed by atoms with Crippen molar-refractivity contribution in [2.24, 2.45) is 0 Å². The SMILES string of the molecule is Nc1ccc(-c2cnn(C(Cn3cc(F)cn3)c3ccc(-c4c(-[n+]5cnn[nH]5)ccc(Cl)c4F)cn3)c2)c(F)n1. The van der Waals surface area contributed by atoms with Crippen molar-refractivity contribution in [1.29, 1.82) is 0 Å². The van der Waals surface area contributed by atoms with Gasteiger partial charge in [-0.1, -0.05) is 22.9 Å². The molecule has 11 nitrogen and oxygen atoms in total. The molecule has 1 unspecified atom stereocenters. The Kier molecular flexibility index (Phi) is 6.43. The zero-order valence-electron chi connectivity index (χ0n) is 20.3. The molecule has 0 aliphatic rings. The summed E-state index contributed by atoms with van der Waals surface area (Å²) >= 11 is 6.09. The standard InChI is InChI=1S/C25H17ClF3N11/c26-18-3-5-20(40-13-32-36-37-40)23(24(18)28)14-1-4-19(31-7-14)21(12-38-11-16(27)9-33-38)39-10-15(8-34-39)17-2-6-22(30)35-25(17)29/h1-11,13,21H,12H2,(H2,30,35)/p+1. The summed E-state index contributed by atoms with van der Waals surface area (Å²) in [6, 6.07) is 8.82. The topological polar surface area (TPSA) is 133 Å². The number of aromatic amines is 1. The molecule has 0 saturated carbocycles. The van der Waals surface area contributed by atoms with Crippen molar-refractivity contribution in [2.75, 3.05) is 5.73 Å². The molecular weight excluding hydrogens is 547 g/mol. The zero-order chi connectivity index (χ0) is 27.8. The summed E-state index contributed by atoms with van der Waals surface area (Å²) in [6.07, 6.45) is 8.30. The average Bonchev–Trinajstić information content (AvgIpc) is 3.72. The smallest absolute Gasteiger partial charge is 0.293 e. The molecule has 5 aromatic heterocycles. The number of aromatic nitrogens is 10. The first kappa shape index (κ1) is 25.2. The zero-order valence-corrected chi connectivity index (χ0v) is 21.1. The van der Waals surface area contributed by atoms with Crippen molar-refractivity contribution in [3.05, 3.63) is 102 Å². The van der Waals surface area contributed by atoms with Crippen LogP contribution in [0.25, 0.3) is 27.9 Å². The molecule has 5 heterocycles. The number of nitrogens with one attached hydrogen (secondary N) is 1. The fraction of sp³-hybridized carbons (Fsp3) is 0.0800. The van der Waals surface area contributed by atoms with E-state index in [4.69, 9.17) is 17.3 Å². The number of hydrogen-bond acceptors (Lipinski definition) is 7. The number of tetrazole rings is 1. The lowest BCUT2D eigenvalue weighted by atomic mass is 10.0. The summed E-state index contributed by atoms with van der Waals surface area (Å²) in [6.45, 7) is 0.145. The minimum Gasteiger partial charge on any atom is -0.384 e. The number of anilines is 1. The van der Waals surface area contributed by atoms with Gasteiger partial charge in [0.1, 0.15) is 22.6 Å². The summed E-state index contributed by atoms with van der Waals surface area (Å²) in [4.78, 5) is 8.24. The number of halogens is 4.